The summed E-state index contributed by atoms with van der Waals surface area (Å²) in [4.78, 5) is 0. The highest BCUT2D eigenvalue weighted by Gasteiger charge is 2.13. The first-order valence-electron chi connectivity index (χ1n) is 3.59. The average molecular weight is 197 g/mol. The monoisotopic (exact) mass is 197 g/mol. The van der Waals surface area contributed by atoms with Gasteiger partial charge in [-0.1, -0.05) is 18.2 Å². The molecule has 1 aromatic heterocycles. The number of para-hydroxylation sites is 1. The number of nitrogens with two attached hydrogens (primary N) is 1. The Hall–Kier alpha value is -1.33. The Morgan fingerprint density at radius 1 is 1.23 bits per heavy atom. The van der Waals surface area contributed by atoms with Gasteiger partial charge in [0.25, 0.3) is 10.0 Å². The maximum absolute atomic E-state index is 10.9. The molecule has 0 saturated heterocycles. The first-order valence-corrected chi connectivity index (χ1v) is 5.13. The fraction of sp³-hybridized carbons (Fsp3) is 0. The van der Waals surface area contributed by atoms with E-state index in [-0.39, 0.29) is 5.09 Å². The van der Waals surface area contributed by atoms with Crippen molar-refractivity contribution >= 4 is 21.0 Å². The topological polar surface area (TPSA) is 73.3 Å². The summed E-state index contributed by atoms with van der Waals surface area (Å²) in [5.74, 6) is 0. The summed E-state index contributed by atoms with van der Waals surface area (Å²) in [5.41, 5.74) is 0.520. The van der Waals surface area contributed by atoms with Gasteiger partial charge in [-0.2, -0.15) is 0 Å². The van der Waals surface area contributed by atoms with Crippen molar-refractivity contribution in [3.05, 3.63) is 30.3 Å². The fourth-order valence-electron chi connectivity index (χ4n) is 1.10. The molecule has 0 fully saturated rings. The lowest BCUT2D eigenvalue weighted by molar-refractivity contribution is 0.482. The molecule has 1 aromatic carbocycles. The summed E-state index contributed by atoms with van der Waals surface area (Å²) in [5, 5.41) is 5.43. The van der Waals surface area contributed by atoms with Gasteiger partial charge in [0.15, 0.2) is 0 Å². The van der Waals surface area contributed by atoms with Gasteiger partial charge in [-0.15, -0.1) is 0 Å². The quantitative estimate of drug-likeness (QED) is 0.743. The lowest BCUT2D eigenvalue weighted by atomic mass is 10.3. The van der Waals surface area contributed by atoms with Gasteiger partial charge >= 0.3 is 0 Å². The summed E-state index contributed by atoms with van der Waals surface area (Å²) in [6.45, 7) is 0. The number of primary sulfonamides is 1. The number of hydrogen-bond acceptors (Lipinski definition) is 3. The lowest BCUT2D eigenvalue weighted by Crippen LogP contribution is -2.10. The van der Waals surface area contributed by atoms with Crippen molar-refractivity contribution in [1.82, 2.24) is 0 Å². The molecule has 4 nitrogen and oxygen atoms in total. The van der Waals surface area contributed by atoms with Crippen molar-refractivity contribution in [2.75, 3.05) is 0 Å². The molecule has 2 rings (SSSR count). The Kier molecular flexibility index (Phi) is 1.64. The molecule has 1 heterocycles. The van der Waals surface area contributed by atoms with Gasteiger partial charge in [-0.3, -0.25) is 0 Å². The first kappa shape index (κ1) is 8.28. The van der Waals surface area contributed by atoms with E-state index in [1.807, 2.05) is 0 Å². The van der Waals surface area contributed by atoms with E-state index in [0.717, 1.165) is 5.39 Å². The molecule has 0 aliphatic rings. The molecule has 0 unspecified atom stereocenters. The number of rotatable bonds is 1. The van der Waals surface area contributed by atoms with E-state index >= 15 is 0 Å². The summed E-state index contributed by atoms with van der Waals surface area (Å²) < 4.78 is 26.8. The normalized spacial score (nSPS) is 12.1. The molecule has 68 valence electrons. The molecule has 2 N–H and O–H groups in total. The third-order valence-corrected chi connectivity index (χ3v) is 2.45. The van der Waals surface area contributed by atoms with Gasteiger partial charge in [-0.05, 0) is 6.07 Å². The number of hydrogen-bond donors (Lipinski definition) is 1. The van der Waals surface area contributed by atoms with Gasteiger partial charge in [0.1, 0.15) is 5.58 Å². The van der Waals surface area contributed by atoms with Gasteiger partial charge in [0, 0.05) is 11.5 Å². The number of fused-ring (bicyclic) bond motifs is 1. The van der Waals surface area contributed by atoms with Gasteiger partial charge in [0.05, 0.1) is 0 Å². The number of sulfonamides is 1. The third-order valence-electron chi connectivity index (χ3n) is 1.68. The molecule has 13 heavy (non-hydrogen) atoms. The Morgan fingerprint density at radius 2 is 1.92 bits per heavy atom. The van der Waals surface area contributed by atoms with E-state index in [9.17, 15) is 8.42 Å². The van der Waals surface area contributed by atoms with Crippen LogP contribution >= 0.6 is 0 Å². The molecule has 0 atom stereocenters. The third kappa shape index (κ3) is 1.43. The van der Waals surface area contributed by atoms with Crippen molar-refractivity contribution < 1.29 is 12.8 Å². The number of benzene rings is 1. The van der Waals surface area contributed by atoms with Gasteiger partial charge < -0.3 is 4.42 Å². The van der Waals surface area contributed by atoms with E-state index < -0.39 is 10.0 Å². The zero-order valence-corrected chi connectivity index (χ0v) is 7.41. The first-order chi connectivity index (χ1) is 6.07. The minimum absolute atomic E-state index is 0.200. The van der Waals surface area contributed by atoms with Crippen LogP contribution < -0.4 is 5.14 Å². The summed E-state index contributed by atoms with van der Waals surface area (Å²) in [6.07, 6.45) is 0. The van der Waals surface area contributed by atoms with Gasteiger partial charge in [0.2, 0.25) is 5.09 Å². The molecule has 0 spiro atoms. The maximum atomic E-state index is 10.9. The standard InChI is InChI=1S/C8H7NO3S/c9-13(10,11)8-5-6-3-1-2-4-7(6)12-8/h1-5H,(H2,9,10,11). The van der Waals surface area contributed by atoms with Crippen LogP contribution in [-0.4, -0.2) is 8.42 Å². The molecule has 0 aliphatic heterocycles. The Balaban J connectivity index is 2.77. The molecule has 2 aromatic rings. The second-order valence-corrected chi connectivity index (χ2v) is 4.14. The zero-order valence-electron chi connectivity index (χ0n) is 6.60. The number of furan rings is 1. The Labute approximate surface area is 75.0 Å². The summed E-state index contributed by atoms with van der Waals surface area (Å²) in [7, 11) is -3.73. The SMILES string of the molecule is NS(=O)(=O)c1cc2ccccc2o1. The average Bonchev–Trinajstić information content (AvgIpc) is 2.45. The highest BCUT2D eigenvalue weighted by molar-refractivity contribution is 7.89. The fourth-order valence-corrected chi connectivity index (χ4v) is 1.59. The molecule has 0 aliphatic carbocycles. The Bertz CT molecular complexity index is 508. The largest absolute Gasteiger partial charge is 0.443 e. The molecular weight excluding hydrogens is 190 g/mol. The minimum atomic E-state index is -3.73. The van der Waals surface area contributed by atoms with Gasteiger partial charge in [-0.25, -0.2) is 13.6 Å². The van der Waals surface area contributed by atoms with E-state index in [1.165, 1.54) is 6.07 Å². The maximum Gasteiger partial charge on any atom is 0.271 e. The van der Waals surface area contributed by atoms with Crippen molar-refractivity contribution in [3.63, 3.8) is 0 Å². The van der Waals surface area contributed by atoms with Crippen LogP contribution in [0, 0.1) is 0 Å². The summed E-state index contributed by atoms with van der Waals surface area (Å²) in [6, 6.07) is 8.41. The second kappa shape index (κ2) is 2.58. The smallest absolute Gasteiger partial charge is 0.271 e. The zero-order chi connectivity index (χ0) is 9.47. The highest BCUT2D eigenvalue weighted by Crippen LogP contribution is 2.20. The van der Waals surface area contributed by atoms with Crippen molar-refractivity contribution in [2.24, 2.45) is 5.14 Å². The molecule has 0 amide bonds. The van der Waals surface area contributed by atoms with E-state index in [0.29, 0.717) is 5.58 Å². The predicted octanol–water partition coefficient (Wildman–Crippen LogP) is 1.08. The van der Waals surface area contributed by atoms with Crippen LogP contribution in [0.15, 0.2) is 39.8 Å². The van der Waals surface area contributed by atoms with Crippen LogP contribution in [-0.2, 0) is 10.0 Å². The van der Waals surface area contributed by atoms with Crippen LogP contribution in [0.4, 0.5) is 0 Å². The van der Waals surface area contributed by atoms with Crippen LogP contribution in [0.5, 0.6) is 0 Å². The Morgan fingerprint density at radius 3 is 2.54 bits per heavy atom. The highest BCUT2D eigenvalue weighted by atomic mass is 32.2. The van der Waals surface area contributed by atoms with Crippen LogP contribution in [0.3, 0.4) is 0 Å². The summed E-state index contributed by atoms with van der Waals surface area (Å²) >= 11 is 0. The van der Waals surface area contributed by atoms with Crippen LogP contribution in [0.25, 0.3) is 11.0 Å². The van der Waals surface area contributed by atoms with E-state index in [1.54, 1.807) is 24.3 Å². The molecule has 0 bridgehead atoms. The second-order valence-electron chi connectivity index (χ2n) is 2.65. The van der Waals surface area contributed by atoms with Crippen LogP contribution in [0.1, 0.15) is 0 Å². The predicted molar refractivity (Wildman–Crippen MR) is 47.6 cm³/mol. The van der Waals surface area contributed by atoms with Crippen molar-refractivity contribution in [2.45, 2.75) is 5.09 Å². The van der Waals surface area contributed by atoms with Crippen LogP contribution in [0.2, 0.25) is 0 Å². The van der Waals surface area contributed by atoms with E-state index in [2.05, 4.69) is 0 Å². The minimum Gasteiger partial charge on any atom is -0.443 e. The molecular formula is C8H7NO3S. The lowest BCUT2D eigenvalue weighted by Gasteiger charge is -1.87. The molecule has 0 saturated carbocycles. The molecule has 0 radical (unpaired) electrons. The molecule has 5 heteroatoms. The van der Waals surface area contributed by atoms with E-state index in [4.69, 9.17) is 9.56 Å². The van der Waals surface area contributed by atoms with Crippen molar-refractivity contribution in [1.29, 1.82) is 0 Å². The van der Waals surface area contributed by atoms with Crippen molar-refractivity contribution in [3.8, 4) is 0 Å².